The monoisotopic (exact) mass is 322 g/mol. The van der Waals surface area contributed by atoms with Crippen molar-refractivity contribution in [1.82, 2.24) is 15.3 Å². The standard InChI is InChI=1S/C12H19ClN4S.ClH/c1-17(8-9-5-3-4-6-14-9)11-7-10(13)15-12(16-11)18-2;/h7,9,14H,3-6,8H2,1-2H3;1H. The van der Waals surface area contributed by atoms with Crippen molar-refractivity contribution < 1.29 is 0 Å². The third-order valence-corrected chi connectivity index (χ3v) is 3.88. The Balaban J connectivity index is 0.00000180. The number of hydrogen-bond donors (Lipinski definition) is 1. The van der Waals surface area contributed by atoms with Crippen LogP contribution in [0.25, 0.3) is 0 Å². The predicted octanol–water partition coefficient (Wildman–Crippen LogP) is 2.85. The first-order valence-electron chi connectivity index (χ1n) is 6.22. The maximum absolute atomic E-state index is 6.01. The normalized spacial score (nSPS) is 18.8. The summed E-state index contributed by atoms with van der Waals surface area (Å²) in [5.74, 6) is 0.895. The van der Waals surface area contributed by atoms with Gasteiger partial charge >= 0.3 is 0 Å². The summed E-state index contributed by atoms with van der Waals surface area (Å²) < 4.78 is 0. The van der Waals surface area contributed by atoms with Crippen molar-refractivity contribution in [2.24, 2.45) is 0 Å². The van der Waals surface area contributed by atoms with Crippen LogP contribution in [-0.2, 0) is 0 Å². The smallest absolute Gasteiger partial charge is 0.190 e. The average molecular weight is 323 g/mol. The number of hydrogen-bond acceptors (Lipinski definition) is 5. The Hall–Kier alpha value is -0.230. The Morgan fingerprint density at radius 2 is 2.26 bits per heavy atom. The Labute approximate surface area is 130 Å². The molecule has 4 nitrogen and oxygen atoms in total. The average Bonchev–Trinajstić information content (AvgIpc) is 2.39. The van der Waals surface area contributed by atoms with E-state index in [9.17, 15) is 0 Å². The SMILES string of the molecule is CSc1nc(Cl)cc(N(C)CC2CCCCN2)n1.Cl. The van der Waals surface area contributed by atoms with E-state index < -0.39 is 0 Å². The zero-order valence-corrected chi connectivity index (χ0v) is 13.6. The lowest BCUT2D eigenvalue weighted by Crippen LogP contribution is -2.42. The van der Waals surface area contributed by atoms with Gasteiger partial charge in [-0.3, -0.25) is 0 Å². The van der Waals surface area contributed by atoms with Gasteiger partial charge in [-0.25, -0.2) is 9.97 Å². The highest BCUT2D eigenvalue weighted by atomic mass is 35.5. The Morgan fingerprint density at radius 1 is 1.47 bits per heavy atom. The Bertz CT molecular complexity index is 399. The van der Waals surface area contributed by atoms with E-state index in [1.807, 2.05) is 12.3 Å². The molecule has 1 fully saturated rings. The van der Waals surface area contributed by atoms with E-state index in [1.165, 1.54) is 31.0 Å². The minimum Gasteiger partial charge on any atom is -0.358 e. The lowest BCUT2D eigenvalue weighted by Gasteiger charge is -2.28. The number of piperidine rings is 1. The van der Waals surface area contributed by atoms with Gasteiger partial charge in [0.05, 0.1) is 0 Å². The summed E-state index contributed by atoms with van der Waals surface area (Å²) in [7, 11) is 2.05. The van der Waals surface area contributed by atoms with Crippen LogP contribution in [0.1, 0.15) is 19.3 Å². The third kappa shape index (κ3) is 4.99. The van der Waals surface area contributed by atoms with Crippen molar-refractivity contribution in [3.8, 4) is 0 Å². The lowest BCUT2D eigenvalue weighted by molar-refractivity contribution is 0.402. The van der Waals surface area contributed by atoms with Crippen LogP contribution in [0.5, 0.6) is 0 Å². The number of thioether (sulfide) groups is 1. The molecule has 19 heavy (non-hydrogen) atoms. The molecule has 0 aromatic carbocycles. The second kappa shape index (κ2) is 8.15. The van der Waals surface area contributed by atoms with Crippen molar-refractivity contribution in [3.05, 3.63) is 11.2 Å². The van der Waals surface area contributed by atoms with Crippen molar-refractivity contribution >= 4 is 41.6 Å². The quantitative estimate of drug-likeness (QED) is 0.524. The highest BCUT2D eigenvalue weighted by molar-refractivity contribution is 7.98. The van der Waals surface area contributed by atoms with Gasteiger partial charge in [-0.2, -0.15) is 0 Å². The number of aromatic nitrogens is 2. The van der Waals surface area contributed by atoms with Crippen LogP contribution in [0.2, 0.25) is 5.15 Å². The summed E-state index contributed by atoms with van der Waals surface area (Å²) in [5.41, 5.74) is 0. The number of rotatable bonds is 4. The minimum atomic E-state index is 0. The summed E-state index contributed by atoms with van der Waals surface area (Å²) in [6.45, 7) is 2.08. The molecule has 2 heterocycles. The van der Waals surface area contributed by atoms with E-state index in [2.05, 4.69) is 27.2 Å². The molecule has 0 aliphatic carbocycles. The molecule has 1 aromatic rings. The van der Waals surface area contributed by atoms with Gasteiger partial charge in [-0.1, -0.05) is 29.8 Å². The maximum atomic E-state index is 6.01. The second-order valence-electron chi connectivity index (χ2n) is 4.56. The summed E-state index contributed by atoms with van der Waals surface area (Å²) in [6, 6.07) is 2.37. The zero-order chi connectivity index (χ0) is 13.0. The fraction of sp³-hybridized carbons (Fsp3) is 0.667. The molecule has 0 spiro atoms. The minimum absolute atomic E-state index is 0. The molecule has 0 amide bonds. The largest absolute Gasteiger partial charge is 0.358 e. The van der Waals surface area contributed by atoms with Crippen molar-refractivity contribution in [2.75, 3.05) is 31.3 Å². The van der Waals surface area contributed by atoms with Gasteiger partial charge in [0.15, 0.2) is 5.16 Å². The Kier molecular flexibility index (Phi) is 7.21. The molecule has 1 saturated heterocycles. The molecule has 0 bridgehead atoms. The molecular weight excluding hydrogens is 303 g/mol. The summed E-state index contributed by atoms with van der Waals surface area (Å²) in [5, 5.41) is 4.77. The summed E-state index contributed by atoms with van der Waals surface area (Å²) >= 11 is 7.52. The number of likely N-dealkylation sites (N-methyl/N-ethyl adjacent to an activating group) is 1. The lowest BCUT2D eigenvalue weighted by atomic mass is 10.0. The van der Waals surface area contributed by atoms with Gasteiger partial charge in [-0.05, 0) is 25.6 Å². The fourth-order valence-corrected chi connectivity index (χ4v) is 2.78. The van der Waals surface area contributed by atoms with Gasteiger partial charge < -0.3 is 10.2 Å². The first-order chi connectivity index (χ1) is 8.69. The molecule has 1 N–H and O–H groups in total. The first-order valence-corrected chi connectivity index (χ1v) is 7.82. The van der Waals surface area contributed by atoms with Crippen LogP contribution in [0.3, 0.4) is 0 Å². The van der Waals surface area contributed by atoms with Crippen LogP contribution in [0.15, 0.2) is 11.2 Å². The maximum Gasteiger partial charge on any atom is 0.190 e. The van der Waals surface area contributed by atoms with Gasteiger partial charge in [-0.15, -0.1) is 12.4 Å². The third-order valence-electron chi connectivity index (χ3n) is 3.14. The van der Waals surface area contributed by atoms with Crippen LogP contribution < -0.4 is 10.2 Å². The van der Waals surface area contributed by atoms with Gasteiger partial charge in [0.25, 0.3) is 0 Å². The first kappa shape index (κ1) is 16.8. The molecule has 2 rings (SSSR count). The van der Waals surface area contributed by atoms with Crippen molar-refractivity contribution in [3.63, 3.8) is 0 Å². The van der Waals surface area contributed by atoms with Crippen LogP contribution in [0, 0.1) is 0 Å². The Morgan fingerprint density at radius 3 is 2.89 bits per heavy atom. The van der Waals surface area contributed by atoms with Gasteiger partial charge in [0.1, 0.15) is 11.0 Å². The highest BCUT2D eigenvalue weighted by Crippen LogP contribution is 2.20. The van der Waals surface area contributed by atoms with Gasteiger partial charge in [0.2, 0.25) is 0 Å². The van der Waals surface area contributed by atoms with Crippen LogP contribution in [0.4, 0.5) is 5.82 Å². The number of anilines is 1. The molecule has 1 aliphatic rings. The molecule has 0 radical (unpaired) electrons. The number of nitrogens with one attached hydrogen (secondary N) is 1. The molecule has 1 atom stereocenters. The van der Waals surface area contributed by atoms with Crippen molar-refractivity contribution in [2.45, 2.75) is 30.5 Å². The molecule has 1 unspecified atom stereocenters. The van der Waals surface area contributed by atoms with E-state index in [1.54, 1.807) is 0 Å². The zero-order valence-electron chi connectivity index (χ0n) is 11.2. The fourth-order valence-electron chi connectivity index (χ4n) is 2.18. The number of nitrogens with zero attached hydrogens (tertiary/aromatic N) is 3. The van der Waals surface area contributed by atoms with E-state index in [-0.39, 0.29) is 12.4 Å². The highest BCUT2D eigenvalue weighted by Gasteiger charge is 2.16. The van der Waals surface area contributed by atoms with Crippen LogP contribution in [-0.4, -0.2) is 42.4 Å². The molecule has 1 aliphatic heterocycles. The van der Waals surface area contributed by atoms with E-state index in [0.29, 0.717) is 11.2 Å². The van der Waals surface area contributed by atoms with E-state index in [4.69, 9.17) is 11.6 Å². The molecular formula is C12H20Cl2N4S. The molecule has 108 valence electrons. The summed E-state index contributed by atoms with van der Waals surface area (Å²) in [6.07, 6.45) is 5.79. The molecule has 0 saturated carbocycles. The summed E-state index contributed by atoms with van der Waals surface area (Å²) in [4.78, 5) is 10.8. The van der Waals surface area contributed by atoms with E-state index in [0.717, 1.165) is 24.1 Å². The van der Waals surface area contributed by atoms with Crippen molar-refractivity contribution in [1.29, 1.82) is 0 Å². The van der Waals surface area contributed by atoms with E-state index >= 15 is 0 Å². The molecule has 7 heteroatoms. The van der Waals surface area contributed by atoms with Crippen LogP contribution >= 0.6 is 35.8 Å². The second-order valence-corrected chi connectivity index (χ2v) is 5.72. The topological polar surface area (TPSA) is 41.1 Å². The number of halogens is 2. The predicted molar refractivity (Wildman–Crippen MR) is 85.0 cm³/mol. The molecule has 1 aromatic heterocycles. The van der Waals surface area contributed by atoms with Gasteiger partial charge in [0, 0.05) is 25.7 Å².